The van der Waals surface area contributed by atoms with E-state index in [0.29, 0.717) is 18.2 Å². The minimum Gasteiger partial charge on any atom is -0.366 e. The van der Waals surface area contributed by atoms with Gasteiger partial charge in [0, 0.05) is 23.8 Å². The predicted octanol–water partition coefficient (Wildman–Crippen LogP) is 1.20. The number of hydrogen-bond acceptors (Lipinski definition) is 6. The van der Waals surface area contributed by atoms with Gasteiger partial charge in [0.25, 0.3) is 0 Å². The van der Waals surface area contributed by atoms with Gasteiger partial charge in [-0.1, -0.05) is 0 Å². The molecule has 0 aliphatic carbocycles. The van der Waals surface area contributed by atoms with Crippen molar-refractivity contribution in [1.29, 1.82) is 0 Å². The van der Waals surface area contributed by atoms with E-state index in [-0.39, 0.29) is 23.6 Å². The van der Waals surface area contributed by atoms with Crippen molar-refractivity contribution in [3.63, 3.8) is 0 Å². The van der Waals surface area contributed by atoms with Gasteiger partial charge < -0.3 is 10.6 Å². The minimum atomic E-state index is -2.88. The fourth-order valence-corrected chi connectivity index (χ4v) is 3.76. The minimum absolute atomic E-state index is 0.0498. The first kappa shape index (κ1) is 14.0. The predicted molar refractivity (Wildman–Crippen MR) is 76.2 cm³/mol. The second-order valence-corrected chi connectivity index (χ2v) is 7.49. The monoisotopic (exact) mass is 284 g/mol. The van der Waals surface area contributed by atoms with Gasteiger partial charge >= 0.3 is 0 Å². The van der Waals surface area contributed by atoms with Gasteiger partial charge in [-0.25, -0.2) is 13.4 Å². The first-order valence-electron chi connectivity index (χ1n) is 6.43. The van der Waals surface area contributed by atoms with Gasteiger partial charge in [0.05, 0.1) is 11.5 Å². The van der Waals surface area contributed by atoms with Crippen molar-refractivity contribution in [1.82, 2.24) is 9.97 Å². The van der Waals surface area contributed by atoms with Crippen molar-refractivity contribution < 1.29 is 8.42 Å². The summed E-state index contributed by atoms with van der Waals surface area (Å²) in [4.78, 5) is 8.65. The highest BCUT2D eigenvalue weighted by Crippen LogP contribution is 2.17. The van der Waals surface area contributed by atoms with Gasteiger partial charge in [-0.2, -0.15) is 4.98 Å². The largest absolute Gasteiger partial charge is 0.366 e. The molecule has 0 spiro atoms. The van der Waals surface area contributed by atoms with E-state index in [1.54, 1.807) is 0 Å². The van der Waals surface area contributed by atoms with E-state index >= 15 is 0 Å². The maximum Gasteiger partial charge on any atom is 0.225 e. The number of hydrogen-bond donors (Lipinski definition) is 2. The first-order valence-corrected chi connectivity index (χ1v) is 8.25. The zero-order valence-corrected chi connectivity index (χ0v) is 12.3. The molecule has 0 bridgehead atoms. The third-order valence-corrected chi connectivity index (χ3v) is 4.62. The second kappa shape index (κ2) is 5.32. The van der Waals surface area contributed by atoms with Gasteiger partial charge in [-0.05, 0) is 27.2 Å². The lowest BCUT2D eigenvalue weighted by atomic mass is 10.2. The lowest BCUT2D eigenvalue weighted by Gasteiger charge is -2.14. The standard InChI is InChI=1S/C12H20N4O2S/c1-8(2)13-12-14-9(3)6-11(16-12)15-10-4-5-19(17,18)7-10/h6,8,10H,4-5,7H2,1-3H3,(H2,13,14,15,16). The van der Waals surface area contributed by atoms with Crippen LogP contribution in [-0.2, 0) is 9.84 Å². The quantitative estimate of drug-likeness (QED) is 0.864. The normalized spacial score (nSPS) is 21.6. The van der Waals surface area contributed by atoms with Gasteiger partial charge in [0.2, 0.25) is 5.95 Å². The molecule has 1 aliphatic rings. The number of nitrogens with one attached hydrogen (secondary N) is 2. The van der Waals surface area contributed by atoms with Crippen molar-refractivity contribution >= 4 is 21.6 Å². The Labute approximate surface area is 114 Å². The summed E-state index contributed by atoms with van der Waals surface area (Å²) in [5, 5.41) is 6.33. The molecule has 1 saturated heterocycles. The molecule has 1 aliphatic heterocycles. The van der Waals surface area contributed by atoms with Crippen LogP contribution in [0.15, 0.2) is 6.07 Å². The van der Waals surface area contributed by atoms with Gasteiger partial charge in [0.1, 0.15) is 5.82 Å². The number of rotatable bonds is 4. The number of sulfone groups is 1. The molecule has 0 radical (unpaired) electrons. The van der Waals surface area contributed by atoms with Gasteiger partial charge in [-0.15, -0.1) is 0 Å². The Bertz CT molecular complexity index is 557. The maximum atomic E-state index is 11.4. The molecule has 106 valence electrons. The summed E-state index contributed by atoms with van der Waals surface area (Å²) in [5.41, 5.74) is 0.849. The Balaban J connectivity index is 2.10. The van der Waals surface area contributed by atoms with Crippen LogP contribution in [0.4, 0.5) is 11.8 Å². The van der Waals surface area contributed by atoms with E-state index in [1.165, 1.54) is 0 Å². The molecule has 7 heteroatoms. The van der Waals surface area contributed by atoms with Crippen LogP contribution in [0.2, 0.25) is 0 Å². The third-order valence-electron chi connectivity index (χ3n) is 2.86. The summed E-state index contributed by atoms with van der Waals surface area (Å²) in [5.74, 6) is 1.69. The Hall–Kier alpha value is -1.37. The van der Waals surface area contributed by atoms with Crippen LogP contribution in [0.1, 0.15) is 26.0 Å². The average Bonchev–Trinajstić information content (AvgIpc) is 2.55. The van der Waals surface area contributed by atoms with Gasteiger partial charge in [-0.3, -0.25) is 0 Å². The fourth-order valence-electron chi connectivity index (χ4n) is 2.08. The molecule has 1 unspecified atom stereocenters. The van der Waals surface area contributed by atoms with Crippen LogP contribution in [0.25, 0.3) is 0 Å². The molecular weight excluding hydrogens is 264 g/mol. The molecule has 1 fully saturated rings. The van der Waals surface area contributed by atoms with Crippen molar-refractivity contribution in [3.8, 4) is 0 Å². The lowest BCUT2D eigenvalue weighted by Crippen LogP contribution is -2.22. The van der Waals surface area contributed by atoms with Crippen LogP contribution in [0.3, 0.4) is 0 Å². The average molecular weight is 284 g/mol. The van der Waals surface area contributed by atoms with Crippen molar-refractivity contribution in [2.45, 2.75) is 39.3 Å². The molecule has 1 aromatic heterocycles. The highest BCUT2D eigenvalue weighted by Gasteiger charge is 2.28. The summed E-state index contributed by atoms with van der Waals surface area (Å²) in [6.07, 6.45) is 0.637. The molecule has 0 saturated carbocycles. The molecular formula is C12H20N4O2S. The smallest absolute Gasteiger partial charge is 0.225 e. The third kappa shape index (κ3) is 4.05. The second-order valence-electron chi connectivity index (χ2n) is 5.26. The summed E-state index contributed by atoms with van der Waals surface area (Å²) in [6.45, 7) is 5.93. The van der Waals surface area contributed by atoms with Crippen LogP contribution in [-0.4, -0.2) is 42.0 Å². The number of aryl methyl sites for hydroxylation is 1. The SMILES string of the molecule is Cc1cc(NC2CCS(=O)(=O)C2)nc(NC(C)C)n1. The zero-order chi connectivity index (χ0) is 14.0. The Morgan fingerprint density at radius 1 is 1.37 bits per heavy atom. The maximum absolute atomic E-state index is 11.4. The van der Waals surface area contributed by atoms with E-state index in [0.717, 1.165) is 5.69 Å². The molecule has 1 atom stereocenters. The van der Waals surface area contributed by atoms with Crippen molar-refractivity contribution in [2.75, 3.05) is 22.1 Å². The summed E-state index contributed by atoms with van der Waals surface area (Å²) < 4.78 is 22.9. The van der Waals surface area contributed by atoms with Crippen molar-refractivity contribution in [3.05, 3.63) is 11.8 Å². The molecule has 6 nitrogen and oxygen atoms in total. The first-order chi connectivity index (χ1) is 8.84. The van der Waals surface area contributed by atoms with Gasteiger partial charge in [0.15, 0.2) is 9.84 Å². The molecule has 1 aromatic rings. The number of anilines is 2. The Morgan fingerprint density at radius 3 is 2.68 bits per heavy atom. The van der Waals surface area contributed by atoms with E-state index in [9.17, 15) is 8.42 Å². The highest BCUT2D eigenvalue weighted by atomic mass is 32.2. The lowest BCUT2D eigenvalue weighted by molar-refractivity contribution is 0.602. The van der Waals surface area contributed by atoms with E-state index in [4.69, 9.17) is 0 Å². The molecule has 0 amide bonds. The molecule has 19 heavy (non-hydrogen) atoms. The van der Waals surface area contributed by atoms with Crippen LogP contribution in [0.5, 0.6) is 0 Å². The molecule has 2 heterocycles. The van der Waals surface area contributed by atoms with E-state index < -0.39 is 9.84 Å². The van der Waals surface area contributed by atoms with E-state index in [2.05, 4.69) is 20.6 Å². The number of aromatic nitrogens is 2. The number of nitrogens with zero attached hydrogens (tertiary/aromatic N) is 2. The van der Waals surface area contributed by atoms with Crippen LogP contribution < -0.4 is 10.6 Å². The summed E-state index contributed by atoms with van der Waals surface area (Å²) in [7, 11) is -2.88. The van der Waals surface area contributed by atoms with Crippen molar-refractivity contribution in [2.24, 2.45) is 0 Å². The van der Waals surface area contributed by atoms with Crippen LogP contribution in [0, 0.1) is 6.92 Å². The van der Waals surface area contributed by atoms with Crippen LogP contribution >= 0.6 is 0 Å². The molecule has 2 N–H and O–H groups in total. The Kier molecular flexibility index (Phi) is 3.93. The summed E-state index contributed by atoms with van der Waals surface area (Å²) >= 11 is 0. The Morgan fingerprint density at radius 2 is 2.11 bits per heavy atom. The molecule has 2 rings (SSSR count). The van der Waals surface area contributed by atoms with E-state index in [1.807, 2.05) is 26.8 Å². The molecule has 0 aromatic carbocycles. The topological polar surface area (TPSA) is 84.0 Å². The zero-order valence-electron chi connectivity index (χ0n) is 11.5. The summed E-state index contributed by atoms with van der Waals surface area (Å²) in [6, 6.07) is 2.03. The fraction of sp³-hybridized carbons (Fsp3) is 0.667. The highest BCUT2D eigenvalue weighted by molar-refractivity contribution is 7.91.